The van der Waals surface area contributed by atoms with E-state index in [4.69, 9.17) is 11.6 Å². The van der Waals surface area contributed by atoms with Crippen molar-refractivity contribution in [2.45, 2.75) is 18.9 Å². The van der Waals surface area contributed by atoms with E-state index < -0.39 is 15.7 Å². The van der Waals surface area contributed by atoms with Gasteiger partial charge in [-0.15, -0.1) is 0 Å². The molecule has 0 aliphatic carbocycles. The van der Waals surface area contributed by atoms with Crippen molar-refractivity contribution in [3.63, 3.8) is 0 Å². The molecule has 112 valence electrons. The van der Waals surface area contributed by atoms with Crippen LogP contribution in [0.25, 0.3) is 0 Å². The van der Waals surface area contributed by atoms with Gasteiger partial charge in [0, 0.05) is 16.5 Å². The largest absolute Gasteiger partial charge is 0.245 e. The monoisotopic (exact) mass is 329 g/mol. The molecule has 0 amide bonds. The van der Waals surface area contributed by atoms with Gasteiger partial charge in [0.1, 0.15) is 18.0 Å². The van der Waals surface area contributed by atoms with E-state index in [2.05, 4.69) is 10.1 Å². The van der Waals surface area contributed by atoms with Crippen LogP contribution in [0.3, 0.4) is 0 Å². The molecule has 0 saturated carbocycles. The summed E-state index contributed by atoms with van der Waals surface area (Å²) in [5.41, 5.74) is 0.326. The molecule has 3 rings (SSSR count). The van der Waals surface area contributed by atoms with Crippen LogP contribution in [0.1, 0.15) is 23.7 Å². The number of sulfone groups is 1. The molecule has 1 aromatic heterocycles. The molecular formula is C13H13ClFN3O2S. The zero-order valence-electron chi connectivity index (χ0n) is 11.0. The van der Waals surface area contributed by atoms with Crippen LogP contribution in [0, 0.1) is 5.82 Å². The summed E-state index contributed by atoms with van der Waals surface area (Å²) in [4.78, 5) is 4.14. The van der Waals surface area contributed by atoms with Crippen molar-refractivity contribution in [1.29, 1.82) is 0 Å². The Morgan fingerprint density at radius 2 is 2.24 bits per heavy atom. The third-order valence-electron chi connectivity index (χ3n) is 3.61. The van der Waals surface area contributed by atoms with Crippen LogP contribution >= 0.6 is 11.6 Å². The van der Waals surface area contributed by atoms with E-state index >= 15 is 0 Å². The molecule has 0 N–H and O–H groups in total. The van der Waals surface area contributed by atoms with Crippen molar-refractivity contribution in [2.24, 2.45) is 0 Å². The first-order valence-corrected chi connectivity index (χ1v) is 8.67. The Bertz CT molecular complexity index is 755. The fraction of sp³-hybridized carbons (Fsp3) is 0.385. The van der Waals surface area contributed by atoms with E-state index in [-0.39, 0.29) is 24.0 Å². The van der Waals surface area contributed by atoms with Crippen molar-refractivity contribution in [1.82, 2.24) is 14.8 Å². The maximum Gasteiger partial charge on any atom is 0.151 e. The highest BCUT2D eigenvalue weighted by Gasteiger charge is 2.32. The molecule has 0 bridgehead atoms. The minimum absolute atomic E-state index is 0.0662. The maximum absolute atomic E-state index is 13.8. The number of halogens is 2. The number of benzene rings is 1. The van der Waals surface area contributed by atoms with Crippen molar-refractivity contribution in [3.8, 4) is 0 Å². The molecule has 1 atom stereocenters. The molecule has 2 aromatic rings. The molecule has 8 heteroatoms. The van der Waals surface area contributed by atoms with Gasteiger partial charge >= 0.3 is 0 Å². The molecule has 0 spiro atoms. The Hall–Kier alpha value is -1.47. The van der Waals surface area contributed by atoms with E-state index in [1.54, 1.807) is 6.07 Å². The minimum Gasteiger partial charge on any atom is -0.245 e. The van der Waals surface area contributed by atoms with Crippen molar-refractivity contribution in [3.05, 3.63) is 46.8 Å². The summed E-state index contributed by atoms with van der Waals surface area (Å²) in [6, 6.07) is 4.47. The highest BCUT2D eigenvalue weighted by molar-refractivity contribution is 7.91. The molecule has 1 unspecified atom stereocenters. The van der Waals surface area contributed by atoms with Gasteiger partial charge in [0.15, 0.2) is 9.84 Å². The SMILES string of the molecule is O=S1(=O)CCC(c2ncnn2Cc2c(F)cccc2Cl)C1. The van der Waals surface area contributed by atoms with Crippen LogP contribution in [0.5, 0.6) is 0 Å². The number of hydrogen-bond donors (Lipinski definition) is 0. The second-order valence-corrected chi connectivity index (χ2v) is 7.71. The van der Waals surface area contributed by atoms with E-state index in [9.17, 15) is 12.8 Å². The lowest BCUT2D eigenvalue weighted by molar-refractivity contribution is 0.555. The highest BCUT2D eigenvalue weighted by atomic mass is 35.5. The first-order valence-electron chi connectivity index (χ1n) is 6.47. The standard InChI is InChI=1S/C13H13ClFN3O2S/c14-11-2-1-3-12(15)10(11)6-18-13(16-8-17-18)9-4-5-21(19,20)7-9/h1-3,8-9H,4-7H2. The minimum atomic E-state index is -3.01. The number of hydrogen-bond acceptors (Lipinski definition) is 4. The zero-order chi connectivity index (χ0) is 15.0. The normalized spacial score (nSPS) is 20.8. The summed E-state index contributed by atoms with van der Waals surface area (Å²) >= 11 is 6.01. The van der Waals surface area contributed by atoms with Gasteiger partial charge in [-0.3, -0.25) is 0 Å². The maximum atomic E-state index is 13.8. The predicted octanol–water partition coefficient (Wildman–Crippen LogP) is 2.02. The summed E-state index contributed by atoms with van der Waals surface area (Å²) in [5, 5.41) is 4.39. The van der Waals surface area contributed by atoms with Crippen LogP contribution in [0.15, 0.2) is 24.5 Å². The number of aromatic nitrogens is 3. The topological polar surface area (TPSA) is 64.8 Å². The van der Waals surface area contributed by atoms with Gasteiger partial charge in [-0.25, -0.2) is 22.5 Å². The molecular weight excluding hydrogens is 317 g/mol. The molecule has 1 fully saturated rings. The molecule has 1 aliphatic heterocycles. The highest BCUT2D eigenvalue weighted by Crippen LogP contribution is 2.28. The van der Waals surface area contributed by atoms with Gasteiger partial charge in [0.2, 0.25) is 0 Å². The Morgan fingerprint density at radius 3 is 2.90 bits per heavy atom. The Balaban J connectivity index is 1.90. The Labute approximate surface area is 126 Å². The molecule has 1 aromatic carbocycles. The molecule has 1 aliphatic rings. The lowest BCUT2D eigenvalue weighted by Gasteiger charge is -2.11. The molecule has 21 heavy (non-hydrogen) atoms. The molecule has 0 radical (unpaired) electrons. The first-order chi connectivity index (χ1) is 9.96. The van der Waals surface area contributed by atoms with Gasteiger partial charge in [-0.05, 0) is 18.6 Å². The summed E-state index contributed by atoms with van der Waals surface area (Å²) < 4.78 is 38.5. The van der Waals surface area contributed by atoms with Gasteiger partial charge in [-0.1, -0.05) is 17.7 Å². The predicted molar refractivity (Wildman–Crippen MR) is 76.5 cm³/mol. The van der Waals surface area contributed by atoms with Gasteiger partial charge in [0.05, 0.1) is 18.1 Å². The van der Waals surface area contributed by atoms with Crippen LogP contribution < -0.4 is 0 Å². The second kappa shape index (κ2) is 5.38. The fourth-order valence-corrected chi connectivity index (χ4v) is 4.50. The van der Waals surface area contributed by atoms with Gasteiger partial charge < -0.3 is 0 Å². The first kappa shape index (κ1) is 14.5. The van der Waals surface area contributed by atoms with Crippen molar-refractivity contribution < 1.29 is 12.8 Å². The van der Waals surface area contributed by atoms with E-state index in [1.165, 1.54) is 23.1 Å². The summed E-state index contributed by atoms with van der Waals surface area (Å²) in [7, 11) is -3.01. The van der Waals surface area contributed by atoms with E-state index in [0.717, 1.165) is 0 Å². The molecule has 2 heterocycles. The van der Waals surface area contributed by atoms with Crippen LogP contribution in [0.4, 0.5) is 4.39 Å². The van der Waals surface area contributed by atoms with Crippen molar-refractivity contribution >= 4 is 21.4 Å². The lowest BCUT2D eigenvalue weighted by atomic mass is 10.1. The van der Waals surface area contributed by atoms with Crippen LogP contribution in [-0.2, 0) is 16.4 Å². The Kier molecular flexibility index (Phi) is 3.71. The quantitative estimate of drug-likeness (QED) is 0.864. The van der Waals surface area contributed by atoms with Crippen LogP contribution in [0.2, 0.25) is 5.02 Å². The summed E-state index contributed by atoms with van der Waals surface area (Å²) in [5.74, 6) is 0.184. The number of rotatable bonds is 3. The second-order valence-electron chi connectivity index (χ2n) is 5.08. The number of nitrogens with zero attached hydrogens (tertiary/aromatic N) is 3. The third kappa shape index (κ3) is 2.94. The average Bonchev–Trinajstić information content (AvgIpc) is 3.00. The molecule has 5 nitrogen and oxygen atoms in total. The summed E-state index contributed by atoms with van der Waals surface area (Å²) in [6.07, 6.45) is 1.88. The zero-order valence-corrected chi connectivity index (χ0v) is 12.6. The van der Waals surface area contributed by atoms with E-state index in [0.29, 0.717) is 22.8 Å². The average molecular weight is 330 g/mol. The van der Waals surface area contributed by atoms with Crippen LogP contribution in [-0.4, -0.2) is 34.7 Å². The van der Waals surface area contributed by atoms with Gasteiger partial charge in [-0.2, -0.15) is 5.10 Å². The smallest absolute Gasteiger partial charge is 0.151 e. The third-order valence-corrected chi connectivity index (χ3v) is 5.73. The van der Waals surface area contributed by atoms with Gasteiger partial charge in [0.25, 0.3) is 0 Å². The lowest BCUT2D eigenvalue weighted by Crippen LogP contribution is -2.13. The fourth-order valence-electron chi connectivity index (χ4n) is 2.54. The molecule has 1 saturated heterocycles. The van der Waals surface area contributed by atoms with Crippen molar-refractivity contribution in [2.75, 3.05) is 11.5 Å². The summed E-state index contributed by atoms with van der Waals surface area (Å²) in [6.45, 7) is 0.136. The Morgan fingerprint density at radius 1 is 1.43 bits per heavy atom. The van der Waals surface area contributed by atoms with E-state index in [1.807, 2.05) is 0 Å².